The van der Waals surface area contributed by atoms with Crippen LogP contribution in [0.2, 0.25) is 0 Å². The van der Waals surface area contributed by atoms with Crippen molar-refractivity contribution in [3.8, 4) is 6.07 Å². The zero-order chi connectivity index (χ0) is 12.1. The summed E-state index contributed by atoms with van der Waals surface area (Å²) in [5.41, 5.74) is 3.89. The third-order valence-corrected chi connectivity index (χ3v) is 2.42. The minimum absolute atomic E-state index is 0.664. The molecule has 0 saturated carbocycles. The summed E-state index contributed by atoms with van der Waals surface area (Å²) < 4.78 is 0. The Balaban J connectivity index is 2.05. The van der Waals surface area contributed by atoms with Crippen LogP contribution >= 0.6 is 0 Å². The van der Waals surface area contributed by atoms with Crippen LogP contribution in [0.3, 0.4) is 0 Å². The van der Waals surface area contributed by atoms with Crippen LogP contribution in [0.4, 0.5) is 5.69 Å². The summed E-state index contributed by atoms with van der Waals surface area (Å²) in [5.74, 6) is 0. The largest absolute Gasteiger partial charge is 0.381 e. The van der Waals surface area contributed by atoms with Gasteiger partial charge in [-0.1, -0.05) is 12.1 Å². The van der Waals surface area contributed by atoms with Crippen LogP contribution in [0.1, 0.15) is 16.7 Å². The lowest BCUT2D eigenvalue weighted by Gasteiger charge is -2.06. The Morgan fingerprint density at radius 1 is 1.29 bits per heavy atom. The van der Waals surface area contributed by atoms with E-state index in [2.05, 4.69) is 22.4 Å². The number of aryl methyl sites for hydroxylation is 1. The second kappa shape index (κ2) is 5.13. The highest BCUT2D eigenvalue weighted by Crippen LogP contribution is 2.11. The van der Waals surface area contributed by atoms with Crippen molar-refractivity contribution < 1.29 is 0 Å². The van der Waals surface area contributed by atoms with E-state index in [0.29, 0.717) is 12.1 Å². The highest BCUT2D eigenvalue weighted by Gasteiger charge is 1.96. The summed E-state index contributed by atoms with van der Waals surface area (Å²) in [7, 11) is 0. The molecule has 0 unspecified atom stereocenters. The molecule has 0 spiro atoms. The molecule has 3 nitrogen and oxygen atoms in total. The Hall–Kier alpha value is -2.34. The van der Waals surface area contributed by atoms with Crippen LogP contribution in [-0.4, -0.2) is 4.98 Å². The highest BCUT2D eigenvalue weighted by atomic mass is 14.9. The fraction of sp³-hybridized carbons (Fsp3) is 0.143. The van der Waals surface area contributed by atoms with Gasteiger partial charge in [0.1, 0.15) is 0 Å². The molecule has 0 aliphatic heterocycles. The Labute approximate surface area is 101 Å². The number of rotatable bonds is 3. The number of nitrogens with one attached hydrogen (secondary N) is 1. The van der Waals surface area contributed by atoms with Gasteiger partial charge >= 0.3 is 0 Å². The summed E-state index contributed by atoms with van der Waals surface area (Å²) >= 11 is 0. The van der Waals surface area contributed by atoms with Gasteiger partial charge < -0.3 is 5.32 Å². The summed E-state index contributed by atoms with van der Waals surface area (Å²) in [5, 5.41) is 12.1. The van der Waals surface area contributed by atoms with Gasteiger partial charge in [-0.3, -0.25) is 4.98 Å². The van der Waals surface area contributed by atoms with Crippen molar-refractivity contribution in [2.45, 2.75) is 13.5 Å². The van der Waals surface area contributed by atoms with Gasteiger partial charge in [-0.25, -0.2) is 0 Å². The Morgan fingerprint density at radius 2 is 2.18 bits per heavy atom. The number of nitriles is 1. The molecule has 1 heterocycles. The van der Waals surface area contributed by atoms with Crippen molar-refractivity contribution >= 4 is 5.69 Å². The molecule has 17 heavy (non-hydrogen) atoms. The van der Waals surface area contributed by atoms with Gasteiger partial charge in [0.05, 0.1) is 11.6 Å². The maximum absolute atomic E-state index is 8.80. The Kier molecular flexibility index (Phi) is 3.37. The second-order valence-corrected chi connectivity index (χ2v) is 3.92. The molecule has 0 bridgehead atoms. The van der Waals surface area contributed by atoms with E-state index in [1.807, 2.05) is 37.5 Å². The molecule has 0 fully saturated rings. The topological polar surface area (TPSA) is 48.7 Å². The van der Waals surface area contributed by atoms with Crippen molar-refractivity contribution in [3.63, 3.8) is 0 Å². The molecule has 0 amide bonds. The average molecular weight is 223 g/mol. The normalized spacial score (nSPS) is 9.65. The first kappa shape index (κ1) is 11.2. The maximum Gasteiger partial charge on any atom is 0.0992 e. The van der Waals surface area contributed by atoms with Crippen molar-refractivity contribution in [3.05, 3.63) is 59.4 Å². The molecule has 3 heteroatoms. The van der Waals surface area contributed by atoms with Crippen LogP contribution in [0.5, 0.6) is 0 Å². The SMILES string of the molecule is Cc1cncc(CNc2cccc(C#N)c2)c1. The zero-order valence-electron chi connectivity index (χ0n) is 9.64. The molecule has 0 aliphatic rings. The summed E-state index contributed by atoms with van der Waals surface area (Å²) in [6.07, 6.45) is 3.67. The molecule has 1 aromatic heterocycles. The van der Waals surface area contributed by atoms with E-state index in [4.69, 9.17) is 5.26 Å². The van der Waals surface area contributed by atoms with Gasteiger partial charge in [-0.2, -0.15) is 5.26 Å². The molecular formula is C14H13N3. The monoisotopic (exact) mass is 223 g/mol. The van der Waals surface area contributed by atoms with Crippen LogP contribution in [-0.2, 0) is 6.54 Å². The van der Waals surface area contributed by atoms with Gasteiger partial charge in [0.15, 0.2) is 0 Å². The Morgan fingerprint density at radius 3 is 2.94 bits per heavy atom. The van der Waals surface area contributed by atoms with Gasteiger partial charge in [-0.05, 0) is 36.2 Å². The van der Waals surface area contributed by atoms with Crippen LogP contribution in [0.15, 0.2) is 42.7 Å². The van der Waals surface area contributed by atoms with Gasteiger partial charge in [-0.15, -0.1) is 0 Å². The number of hydrogen-bond donors (Lipinski definition) is 1. The van der Waals surface area contributed by atoms with E-state index in [1.165, 1.54) is 0 Å². The van der Waals surface area contributed by atoms with E-state index in [-0.39, 0.29) is 0 Å². The molecule has 0 radical (unpaired) electrons. The summed E-state index contributed by atoms with van der Waals surface area (Å²) in [6, 6.07) is 11.7. The predicted molar refractivity (Wildman–Crippen MR) is 67.5 cm³/mol. The number of aromatic nitrogens is 1. The minimum atomic E-state index is 0.664. The third-order valence-electron chi connectivity index (χ3n) is 2.42. The van der Waals surface area contributed by atoms with Crippen LogP contribution in [0, 0.1) is 18.3 Å². The first-order valence-corrected chi connectivity index (χ1v) is 5.42. The second-order valence-electron chi connectivity index (χ2n) is 3.92. The first-order chi connectivity index (χ1) is 8.28. The Bertz CT molecular complexity index is 555. The molecule has 0 saturated heterocycles. The number of anilines is 1. The van der Waals surface area contributed by atoms with Crippen molar-refractivity contribution in [1.29, 1.82) is 5.26 Å². The van der Waals surface area contributed by atoms with Crippen molar-refractivity contribution in [1.82, 2.24) is 4.98 Å². The molecule has 0 atom stereocenters. The molecule has 2 aromatic rings. The third kappa shape index (κ3) is 3.05. The quantitative estimate of drug-likeness (QED) is 0.870. The molecule has 2 rings (SSSR count). The first-order valence-electron chi connectivity index (χ1n) is 5.42. The van der Waals surface area contributed by atoms with E-state index in [1.54, 1.807) is 6.07 Å². The molecule has 84 valence electrons. The van der Waals surface area contributed by atoms with E-state index >= 15 is 0 Å². The van der Waals surface area contributed by atoms with E-state index in [0.717, 1.165) is 16.8 Å². The lowest BCUT2D eigenvalue weighted by Crippen LogP contribution is -2.00. The zero-order valence-corrected chi connectivity index (χ0v) is 9.64. The average Bonchev–Trinajstić information content (AvgIpc) is 2.37. The van der Waals surface area contributed by atoms with Gasteiger partial charge in [0.2, 0.25) is 0 Å². The van der Waals surface area contributed by atoms with E-state index < -0.39 is 0 Å². The standard InChI is InChI=1S/C14H13N3/c1-11-5-13(9-16-8-11)10-17-14-4-2-3-12(6-14)7-15/h2-6,8-9,17H,10H2,1H3. The fourth-order valence-electron chi connectivity index (χ4n) is 1.62. The number of hydrogen-bond acceptors (Lipinski definition) is 3. The van der Waals surface area contributed by atoms with Gasteiger partial charge in [0, 0.05) is 24.6 Å². The summed E-state index contributed by atoms with van der Waals surface area (Å²) in [6.45, 7) is 2.73. The molecular weight excluding hydrogens is 210 g/mol. The van der Waals surface area contributed by atoms with Gasteiger partial charge in [0.25, 0.3) is 0 Å². The smallest absolute Gasteiger partial charge is 0.0992 e. The fourth-order valence-corrected chi connectivity index (χ4v) is 1.62. The minimum Gasteiger partial charge on any atom is -0.381 e. The maximum atomic E-state index is 8.80. The number of nitrogens with zero attached hydrogens (tertiary/aromatic N) is 2. The highest BCUT2D eigenvalue weighted by molar-refractivity contribution is 5.49. The lowest BCUT2D eigenvalue weighted by molar-refractivity contribution is 1.10. The number of benzene rings is 1. The van der Waals surface area contributed by atoms with E-state index in [9.17, 15) is 0 Å². The molecule has 1 aromatic carbocycles. The molecule has 1 N–H and O–H groups in total. The van der Waals surface area contributed by atoms with Crippen LogP contribution in [0.25, 0.3) is 0 Å². The van der Waals surface area contributed by atoms with Crippen molar-refractivity contribution in [2.24, 2.45) is 0 Å². The predicted octanol–water partition coefficient (Wildman–Crippen LogP) is 2.87. The van der Waals surface area contributed by atoms with Crippen molar-refractivity contribution in [2.75, 3.05) is 5.32 Å². The molecule has 0 aliphatic carbocycles. The number of pyridine rings is 1. The summed E-state index contributed by atoms with van der Waals surface area (Å²) in [4.78, 5) is 4.14. The van der Waals surface area contributed by atoms with Crippen LogP contribution < -0.4 is 5.32 Å². The lowest BCUT2D eigenvalue weighted by atomic mass is 10.2.